The number of nitrogens with one attached hydrogen (secondary N) is 1. The molecule has 0 aliphatic heterocycles. The summed E-state index contributed by atoms with van der Waals surface area (Å²) in [6.45, 7) is 1.34. The van der Waals surface area contributed by atoms with E-state index in [1.807, 2.05) is 0 Å². The van der Waals surface area contributed by atoms with E-state index in [-0.39, 0.29) is 22.4 Å². The molecule has 0 fully saturated rings. The predicted molar refractivity (Wildman–Crippen MR) is 96.8 cm³/mol. The molecule has 0 spiro atoms. The first-order chi connectivity index (χ1) is 13.6. The van der Waals surface area contributed by atoms with Gasteiger partial charge < -0.3 is 10.4 Å². The average Bonchev–Trinajstić information content (AvgIpc) is 2.63. The molecule has 3 rings (SSSR count). The fraction of sp³-hybridized carbons (Fsp3) is 0.167. The van der Waals surface area contributed by atoms with Gasteiger partial charge in [0, 0.05) is 5.56 Å². The van der Waals surface area contributed by atoms with Crippen molar-refractivity contribution in [2.24, 2.45) is 0 Å². The van der Waals surface area contributed by atoms with Gasteiger partial charge in [0.15, 0.2) is 0 Å². The smallest absolute Gasteiger partial charge is 0.405 e. The van der Waals surface area contributed by atoms with Crippen molar-refractivity contribution in [1.82, 2.24) is 14.9 Å². The molecule has 3 aromatic rings. The lowest BCUT2D eigenvalue weighted by Crippen LogP contribution is -2.32. The van der Waals surface area contributed by atoms with Gasteiger partial charge in [-0.1, -0.05) is 11.6 Å². The molecule has 1 heterocycles. The van der Waals surface area contributed by atoms with E-state index < -0.39 is 46.3 Å². The van der Waals surface area contributed by atoms with E-state index >= 15 is 0 Å². The number of hydrogen-bond acceptors (Lipinski definition) is 3. The third kappa shape index (κ3) is 3.88. The number of amides is 1. The van der Waals surface area contributed by atoms with Crippen molar-refractivity contribution in [3.63, 3.8) is 0 Å². The summed E-state index contributed by atoms with van der Waals surface area (Å²) in [5, 5.41) is 10.1. The third-order valence-corrected chi connectivity index (χ3v) is 4.47. The van der Waals surface area contributed by atoms with Crippen molar-refractivity contribution >= 4 is 28.6 Å². The van der Waals surface area contributed by atoms with E-state index in [1.54, 1.807) is 0 Å². The minimum Gasteiger partial charge on any atom is -0.465 e. The Balaban J connectivity index is 2.42. The molecule has 0 aliphatic carbocycles. The van der Waals surface area contributed by atoms with E-state index in [4.69, 9.17) is 16.7 Å². The number of fused-ring (bicyclic) bond motifs is 1. The topological polar surface area (TPSA) is 84.2 Å². The largest absolute Gasteiger partial charge is 0.465 e. The Labute approximate surface area is 165 Å². The minimum atomic E-state index is -3.03. The molecule has 2 aromatic carbocycles. The van der Waals surface area contributed by atoms with Gasteiger partial charge in [0.1, 0.15) is 17.5 Å². The maximum atomic E-state index is 13.9. The Morgan fingerprint density at radius 3 is 2.55 bits per heavy atom. The zero-order valence-corrected chi connectivity index (χ0v) is 15.3. The van der Waals surface area contributed by atoms with E-state index in [9.17, 15) is 27.2 Å². The number of benzene rings is 2. The highest BCUT2D eigenvalue weighted by Gasteiger charge is 2.23. The van der Waals surface area contributed by atoms with Gasteiger partial charge in [0.2, 0.25) is 0 Å². The number of rotatable bonds is 4. The lowest BCUT2D eigenvalue weighted by molar-refractivity contribution is 0.151. The minimum absolute atomic E-state index is 0.0443. The third-order valence-electron chi connectivity index (χ3n) is 4.10. The van der Waals surface area contributed by atoms with E-state index in [1.165, 1.54) is 6.92 Å². The number of carboxylic acid groups (broad SMARTS) is 1. The van der Waals surface area contributed by atoms with E-state index in [2.05, 4.69) is 10.3 Å². The van der Waals surface area contributed by atoms with Crippen molar-refractivity contribution in [2.45, 2.75) is 19.4 Å². The molecule has 29 heavy (non-hydrogen) atoms. The summed E-state index contributed by atoms with van der Waals surface area (Å²) >= 11 is 5.89. The van der Waals surface area contributed by atoms with E-state index in [0.717, 1.165) is 28.8 Å². The number of aromatic nitrogens is 2. The van der Waals surface area contributed by atoms with Gasteiger partial charge in [-0.25, -0.2) is 27.3 Å². The van der Waals surface area contributed by atoms with Gasteiger partial charge >= 0.3 is 6.09 Å². The van der Waals surface area contributed by atoms with E-state index in [0.29, 0.717) is 6.07 Å². The summed E-state index contributed by atoms with van der Waals surface area (Å²) in [5.74, 6) is -2.19. The highest BCUT2D eigenvalue weighted by atomic mass is 35.5. The zero-order valence-electron chi connectivity index (χ0n) is 14.6. The molecular formula is C18H12ClF4N3O3. The van der Waals surface area contributed by atoms with Gasteiger partial charge in [-0.2, -0.15) is 0 Å². The highest BCUT2D eigenvalue weighted by Crippen LogP contribution is 2.27. The maximum absolute atomic E-state index is 13.9. The van der Waals surface area contributed by atoms with Crippen LogP contribution in [-0.2, 0) is 0 Å². The van der Waals surface area contributed by atoms with Crippen LogP contribution in [-0.4, -0.2) is 20.8 Å². The second-order valence-electron chi connectivity index (χ2n) is 6.08. The molecule has 6 nitrogen and oxygen atoms in total. The van der Waals surface area contributed by atoms with Crippen molar-refractivity contribution < 1.29 is 27.5 Å². The average molecular weight is 430 g/mol. The molecule has 152 valence electrons. The molecule has 0 saturated heterocycles. The summed E-state index contributed by atoms with van der Waals surface area (Å²) in [5.41, 5.74) is -2.06. The fourth-order valence-corrected chi connectivity index (χ4v) is 3.11. The summed E-state index contributed by atoms with van der Waals surface area (Å²) in [4.78, 5) is 28.3. The van der Waals surface area contributed by atoms with Crippen LogP contribution >= 0.6 is 11.6 Å². The Kier molecular flexibility index (Phi) is 5.47. The fourth-order valence-electron chi connectivity index (χ4n) is 2.87. The second-order valence-corrected chi connectivity index (χ2v) is 6.46. The van der Waals surface area contributed by atoms with Crippen LogP contribution in [0, 0.1) is 11.6 Å². The number of nitrogens with zero attached hydrogens (tertiary/aromatic N) is 2. The number of halogens is 5. The zero-order chi connectivity index (χ0) is 21.5. The van der Waals surface area contributed by atoms with Gasteiger partial charge in [-0.05, 0) is 37.3 Å². The van der Waals surface area contributed by atoms with Crippen LogP contribution in [0.1, 0.15) is 30.8 Å². The lowest BCUT2D eigenvalue weighted by Gasteiger charge is -2.19. The highest BCUT2D eigenvalue weighted by molar-refractivity contribution is 6.35. The van der Waals surface area contributed by atoms with Crippen molar-refractivity contribution in [3.8, 4) is 5.69 Å². The van der Waals surface area contributed by atoms with Crippen LogP contribution in [0.5, 0.6) is 0 Å². The molecule has 0 radical (unpaired) electrons. The first kappa shape index (κ1) is 20.6. The van der Waals surface area contributed by atoms with Gasteiger partial charge in [0.05, 0.1) is 27.7 Å². The first-order valence-corrected chi connectivity index (χ1v) is 8.47. The van der Waals surface area contributed by atoms with Gasteiger partial charge in [0.25, 0.3) is 12.0 Å². The Bertz CT molecular complexity index is 1180. The molecule has 1 amide bonds. The second kappa shape index (κ2) is 7.70. The Morgan fingerprint density at radius 1 is 1.24 bits per heavy atom. The van der Waals surface area contributed by atoms with Crippen molar-refractivity contribution in [3.05, 3.63) is 68.7 Å². The van der Waals surface area contributed by atoms with Crippen molar-refractivity contribution in [2.75, 3.05) is 0 Å². The molecule has 11 heteroatoms. The Hall–Kier alpha value is -3.14. The molecule has 1 atom stereocenters. The Morgan fingerprint density at radius 2 is 1.93 bits per heavy atom. The molecule has 0 bridgehead atoms. The van der Waals surface area contributed by atoms with Crippen LogP contribution in [0.4, 0.5) is 22.4 Å². The SMILES string of the molecule is CC(NC(=O)O)c1nc2ccc(F)c(Cl)c2c(=O)n1-c1cc(F)cc(C(F)F)c1. The lowest BCUT2D eigenvalue weighted by atomic mass is 10.1. The summed E-state index contributed by atoms with van der Waals surface area (Å²) in [6.07, 6.45) is -4.48. The quantitative estimate of drug-likeness (QED) is 0.594. The molecule has 1 aromatic heterocycles. The molecular weight excluding hydrogens is 418 g/mol. The predicted octanol–water partition coefficient (Wildman–Crippen LogP) is 4.58. The van der Waals surface area contributed by atoms with Crippen LogP contribution in [0.25, 0.3) is 16.6 Å². The molecule has 2 N–H and O–H groups in total. The van der Waals surface area contributed by atoms with Crippen LogP contribution in [0.2, 0.25) is 5.02 Å². The number of hydrogen-bond donors (Lipinski definition) is 2. The molecule has 0 saturated carbocycles. The molecule has 1 unspecified atom stereocenters. The van der Waals surface area contributed by atoms with Crippen LogP contribution in [0.15, 0.2) is 35.1 Å². The summed E-state index contributed by atoms with van der Waals surface area (Å²) < 4.78 is 54.8. The standard InChI is InChI=1S/C18H12ClF4N3O3/c1-7(24-18(28)29)16-25-12-3-2-11(21)14(19)13(12)17(27)26(16)10-5-8(15(22)23)4-9(20)6-10/h2-7,15,24H,1H3,(H,28,29). The van der Waals surface area contributed by atoms with Gasteiger partial charge in [-0.15, -0.1) is 0 Å². The van der Waals surface area contributed by atoms with Gasteiger partial charge in [-0.3, -0.25) is 9.36 Å². The maximum Gasteiger partial charge on any atom is 0.405 e. The number of carbonyl (C=O) groups is 1. The van der Waals surface area contributed by atoms with Crippen LogP contribution < -0.4 is 10.9 Å². The molecule has 0 aliphatic rings. The summed E-state index contributed by atoms with van der Waals surface area (Å²) in [6, 6.07) is 3.27. The first-order valence-electron chi connectivity index (χ1n) is 8.09. The van der Waals surface area contributed by atoms with Crippen LogP contribution in [0.3, 0.4) is 0 Å². The monoisotopic (exact) mass is 429 g/mol. The normalized spacial score (nSPS) is 12.4. The number of alkyl halides is 2. The van der Waals surface area contributed by atoms with Crippen molar-refractivity contribution in [1.29, 1.82) is 0 Å². The summed E-state index contributed by atoms with van der Waals surface area (Å²) in [7, 11) is 0.